The maximum absolute atomic E-state index is 9.68. The molecule has 3 heterocycles. The molecular weight excluding hydrogens is 330 g/mol. The van der Waals surface area contributed by atoms with Crippen LogP contribution in [-0.4, -0.2) is 42.0 Å². The van der Waals surface area contributed by atoms with Crippen molar-refractivity contribution in [3.8, 4) is 0 Å². The van der Waals surface area contributed by atoms with Crippen LogP contribution in [0.5, 0.6) is 0 Å². The van der Waals surface area contributed by atoms with E-state index in [4.69, 9.17) is 0 Å². The van der Waals surface area contributed by atoms with Gasteiger partial charge in [0.15, 0.2) is 5.82 Å². The molecule has 0 aromatic carbocycles. The highest BCUT2D eigenvalue weighted by Gasteiger charge is 2.26. The number of aliphatic hydroxyl groups excluding tert-OH is 1. The van der Waals surface area contributed by atoms with Crippen molar-refractivity contribution in [1.82, 2.24) is 24.8 Å². The summed E-state index contributed by atoms with van der Waals surface area (Å²) in [5.74, 6) is 2.80. The van der Waals surface area contributed by atoms with Gasteiger partial charge in [-0.3, -0.25) is 5.10 Å². The number of nitrogens with one attached hydrogen (secondary N) is 3. The summed E-state index contributed by atoms with van der Waals surface area (Å²) in [7, 11) is 0. The van der Waals surface area contributed by atoms with E-state index in [1.807, 2.05) is 22.8 Å². The van der Waals surface area contributed by atoms with Gasteiger partial charge in [-0.25, -0.2) is 4.52 Å². The molecule has 3 aromatic heterocycles. The van der Waals surface area contributed by atoms with E-state index in [-0.39, 0.29) is 6.10 Å². The largest absolute Gasteiger partial charge is 0.393 e. The zero-order valence-electron chi connectivity index (χ0n) is 14.5. The normalized spacial score (nSPS) is 23.3. The Morgan fingerprint density at radius 3 is 2.81 bits per heavy atom. The van der Waals surface area contributed by atoms with Gasteiger partial charge in [0.2, 0.25) is 5.95 Å². The van der Waals surface area contributed by atoms with Crippen LogP contribution < -0.4 is 10.6 Å². The summed E-state index contributed by atoms with van der Waals surface area (Å²) in [6, 6.07) is 6.31. The van der Waals surface area contributed by atoms with Crippen LogP contribution in [0.2, 0.25) is 0 Å². The number of fused-ring (bicyclic) bond motifs is 1. The molecule has 0 aliphatic heterocycles. The summed E-state index contributed by atoms with van der Waals surface area (Å²) in [4.78, 5) is 4.69. The number of hydrogen-bond donors (Lipinski definition) is 4. The highest BCUT2D eigenvalue weighted by Crippen LogP contribution is 2.39. The summed E-state index contributed by atoms with van der Waals surface area (Å²) in [6.07, 6.45) is 7.72. The van der Waals surface area contributed by atoms with Gasteiger partial charge in [0.1, 0.15) is 11.3 Å². The Hall–Kier alpha value is -2.61. The third kappa shape index (κ3) is 3.12. The van der Waals surface area contributed by atoms with E-state index in [2.05, 4.69) is 37.0 Å². The highest BCUT2D eigenvalue weighted by atomic mass is 16.3. The van der Waals surface area contributed by atoms with Crippen molar-refractivity contribution in [2.75, 3.05) is 10.6 Å². The van der Waals surface area contributed by atoms with Gasteiger partial charge in [-0.15, -0.1) is 5.10 Å². The number of nitrogens with zero attached hydrogens (tertiary/aromatic N) is 4. The fourth-order valence-corrected chi connectivity index (χ4v) is 3.61. The molecule has 2 aliphatic rings. The standard InChI is InChI=1S/C18H23N7O/c26-13-7-5-12(6-8-13)19-18-21-17(15-2-1-9-25(15)24-18)20-16-10-14(22-23-16)11-3-4-11/h1-2,9-13,26H,3-8H2,(H3,19,20,21,22,23,24)/t12-,13-. The predicted molar refractivity (Wildman–Crippen MR) is 98.7 cm³/mol. The monoisotopic (exact) mass is 353 g/mol. The van der Waals surface area contributed by atoms with Crippen LogP contribution in [0.25, 0.3) is 5.52 Å². The van der Waals surface area contributed by atoms with E-state index in [0.29, 0.717) is 17.9 Å². The van der Waals surface area contributed by atoms with E-state index in [9.17, 15) is 5.11 Å². The lowest BCUT2D eigenvalue weighted by Gasteiger charge is -2.26. The van der Waals surface area contributed by atoms with Crippen LogP contribution in [0.3, 0.4) is 0 Å². The number of aromatic amines is 1. The van der Waals surface area contributed by atoms with Crippen molar-refractivity contribution in [2.24, 2.45) is 0 Å². The Labute approximate surface area is 151 Å². The maximum atomic E-state index is 9.68. The van der Waals surface area contributed by atoms with Crippen LogP contribution in [0.15, 0.2) is 24.4 Å². The van der Waals surface area contributed by atoms with Gasteiger partial charge in [0.25, 0.3) is 0 Å². The van der Waals surface area contributed by atoms with Gasteiger partial charge in [-0.05, 0) is 50.7 Å². The second kappa shape index (κ2) is 6.28. The van der Waals surface area contributed by atoms with Crippen LogP contribution in [0, 0.1) is 0 Å². The fraction of sp³-hybridized carbons (Fsp3) is 0.500. The summed E-state index contributed by atoms with van der Waals surface area (Å²) >= 11 is 0. The van der Waals surface area contributed by atoms with Crippen molar-refractivity contribution >= 4 is 23.1 Å². The molecule has 0 radical (unpaired) electrons. The van der Waals surface area contributed by atoms with Crippen molar-refractivity contribution in [3.63, 3.8) is 0 Å². The minimum Gasteiger partial charge on any atom is -0.393 e. The Bertz CT molecular complexity index is 905. The van der Waals surface area contributed by atoms with Gasteiger partial charge in [-0.2, -0.15) is 10.1 Å². The number of aromatic nitrogens is 5. The minimum atomic E-state index is -0.167. The number of rotatable bonds is 5. The summed E-state index contributed by atoms with van der Waals surface area (Å²) in [5.41, 5.74) is 2.03. The molecule has 0 atom stereocenters. The van der Waals surface area contributed by atoms with E-state index in [1.54, 1.807) is 0 Å². The first-order valence-corrected chi connectivity index (χ1v) is 9.37. The number of H-pyrrole nitrogens is 1. The van der Waals surface area contributed by atoms with Crippen LogP contribution >= 0.6 is 0 Å². The summed E-state index contributed by atoms with van der Waals surface area (Å²) in [6.45, 7) is 0. The van der Waals surface area contributed by atoms with E-state index < -0.39 is 0 Å². The molecule has 26 heavy (non-hydrogen) atoms. The Balaban J connectivity index is 1.39. The SMILES string of the molecule is O[C@H]1CC[C@H](Nc2nc(Nc3cc(C4CC4)n[nH]3)c3cccn3n2)CC1. The molecule has 8 heteroatoms. The fourth-order valence-electron chi connectivity index (χ4n) is 3.61. The lowest BCUT2D eigenvalue weighted by Crippen LogP contribution is -2.29. The van der Waals surface area contributed by atoms with Crippen LogP contribution in [-0.2, 0) is 0 Å². The quantitative estimate of drug-likeness (QED) is 0.562. The summed E-state index contributed by atoms with van der Waals surface area (Å²) < 4.78 is 1.83. The molecule has 0 amide bonds. The first-order chi connectivity index (χ1) is 12.7. The van der Waals surface area contributed by atoms with E-state index in [0.717, 1.165) is 48.5 Å². The molecule has 2 saturated carbocycles. The topological polar surface area (TPSA) is 103 Å². The van der Waals surface area contributed by atoms with Crippen molar-refractivity contribution in [2.45, 2.75) is 56.6 Å². The molecule has 0 unspecified atom stereocenters. The molecule has 136 valence electrons. The first kappa shape index (κ1) is 15.6. The lowest BCUT2D eigenvalue weighted by atomic mass is 9.93. The third-order valence-electron chi connectivity index (χ3n) is 5.27. The lowest BCUT2D eigenvalue weighted by molar-refractivity contribution is 0.126. The van der Waals surface area contributed by atoms with Crippen molar-refractivity contribution in [3.05, 3.63) is 30.1 Å². The smallest absolute Gasteiger partial charge is 0.243 e. The van der Waals surface area contributed by atoms with Crippen molar-refractivity contribution < 1.29 is 5.11 Å². The van der Waals surface area contributed by atoms with Crippen LogP contribution in [0.1, 0.15) is 50.1 Å². The number of aliphatic hydroxyl groups is 1. The average molecular weight is 353 g/mol. The number of hydrogen-bond acceptors (Lipinski definition) is 6. The second-order valence-corrected chi connectivity index (χ2v) is 7.38. The zero-order valence-corrected chi connectivity index (χ0v) is 14.5. The Morgan fingerprint density at radius 1 is 1.15 bits per heavy atom. The molecule has 0 bridgehead atoms. The van der Waals surface area contributed by atoms with E-state index in [1.165, 1.54) is 12.8 Å². The predicted octanol–water partition coefficient (Wildman–Crippen LogP) is 2.79. The van der Waals surface area contributed by atoms with E-state index >= 15 is 0 Å². The summed E-state index contributed by atoms with van der Waals surface area (Å²) in [5, 5.41) is 28.5. The van der Waals surface area contributed by atoms with Gasteiger partial charge < -0.3 is 15.7 Å². The Kier molecular flexibility index (Phi) is 3.77. The van der Waals surface area contributed by atoms with Crippen LogP contribution in [0.4, 0.5) is 17.6 Å². The molecule has 5 rings (SSSR count). The molecule has 8 nitrogen and oxygen atoms in total. The molecule has 0 spiro atoms. The molecule has 3 aromatic rings. The minimum absolute atomic E-state index is 0.167. The van der Waals surface area contributed by atoms with Crippen molar-refractivity contribution in [1.29, 1.82) is 0 Å². The molecule has 2 aliphatic carbocycles. The Morgan fingerprint density at radius 2 is 2.00 bits per heavy atom. The maximum Gasteiger partial charge on any atom is 0.243 e. The molecule has 4 N–H and O–H groups in total. The van der Waals surface area contributed by atoms with Gasteiger partial charge in [0.05, 0.1) is 11.8 Å². The van der Waals surface area contributed by atoms with Gasteiger partial charge in [-0.1, -0.05) is 0 Å². The molecular formula is C18H23N7O. The molecule has 2 fully saturated rings. The number of anilines is 3. The second-order valence-electron chi connectivity index (χ2n) is 7.38. The van der Waals surface area contributed by atoms with Gasteiger partial charge in [0, 0.05) is 24.2 Å². The van der Waals surface area contributed by atoms with Gasteiger partial charge >= 0.3 is 0 Å². The highest BCUT2D eigenvalue weighted by molar-refractivity contribution is 5.73. The first-order valence-electron chi connectivity index (χ1n) is 9.37. The zero-order chi connectivity index (χ0) is 17.5. The molecule has 0 saturated heterocycles. The third-order valence-corrected chi connectivity index (χ3v) is 5.27. The average Bonchev–Trinajstić information content (AvgIpc) is 3.19.